The largest absolute Gasteiger partial charge is 0.321 e. The van der Waals surface area contributed by atoms with Crippen molar-refractivity contribution in [2.45, 2.75) is 38.9 Å². The molecule has 0 bridgehead atoms. The van der Waals surface area contributed by atoms with E-state index in [-0.39, 0.29) is 0 Å². The second kappa shape index (κ2) is 6.36. The Morgan fingerprint density at radius 3 is 2.67 bits per heavy atom. The molecule has 2 atom stereocenters. The molecule has 3 heteroatoms. The van der Waals surface area contributed by atoms with E-state index in [1.807, 2.05) is 18.7 Å². The van der Waals surface area contributed by atoms with Crippen LogP contribution in [-0.2, 0) is 0 Å². The molecule has 0 spiro atoms. The van der Waals surface area contributed by atoms with E-state index in [1.165, 1.54) is 5.56 Å². The molecule has 0 aliphatic rings. The minimum absolute atomic E-state index is 0.313. The average molecular weight is 243 g/mol. The SMILES string of the molecule is CCCC(N[C@@H](C)c1ccccc1)n1ccnc1. The van der Waals surface area contributed by atoms with Gasteiger partial charge in [-0.1, -0.05) is 43.7 Å². The van der Waals surface area contributed by atoms with E-state index in [1.54, 1.807) is 0 Å². The van der Waals surface area contributed by atoms with Gasteiger partial charge < -0.3 is 4.57 Å². The minimum atomic E-state index is 0.313. The molecule has 96 valence electrons. The number of rotatable bonds is 6. The molecule has 1 aromatic carbocycles. The van der Waals surface area contributed by atoms with Gasteiger partial charge in [0.1, 0.15) is 0 Å². The van der Waals surface area contributed by atoms with E-state index in [2.05, 4.69) is 59.0 Å². The fourth-order valence-corrected chi connectivity index (χ4v) is 2.17. The molecule has 0 saturated heterocycles. The molecule has 0 radical (unpaired) electrons. The van der Waals surface area contributed by atoms with Crippen LogP contribution in [0.3, 0.4) is 0 Å². The maximum atomic E-state index is 4.13. The molecule has 0 amide bonds. The summed E-state index contributed by atoms with van der Waals surface area (Å²) < 4.78 is 2.14. The molecule has 1 heterocycles. The van der Waals surface area contributed by atoms with Crippen molar-refractivity contribution in [1.82, 2.24) is 14.9 Å². The van der Waals surface area contributed by atoms with Crippen molar-refractivity contribution < 1.29 is 0 Å². The lowest BCUT2D eigenvalue weighted by Gasteiger charge is -2.24. The third-order valence-electron chi connectivity index (χ3n) is 3.19. The number of nitrogens with zero attached hydrogens (tertiary/aromatic N) is 2. The fourth-order valence-electron chi connectivity index (χ4n) is 2.17. The Labute approximate surface area is 109 Å². The third kappa shape index (κ3) is 3.20. The first-order valence-electron chi connectivity index (χ1n) is 6.59. The molecule has 2 rings (SSSR count). The molecule has 2 aromatic rings. The van der Waals surface area contributed by atoms with Gasteiger partial charge in [-0.25, -0.2) is 4.98 Å². The number of hydrogen-bond donors (Lipinski definition) is 1. The highest BCUT2D eigenvalue weighted by atomic mass is 15.2. The van der Waals surface area contributed by atoms with Gasteiger partial charge in [0.05, 0.1) is 12.5 Å². The van der Waals surface area contributed by atoms with Crippen molar-refractivity contribution in [3.63, 3.8) is 0 Å². The van der Waals surface area contributed by atoms with Crippen molar-refractivity contribution >= 4 is 0 Å². The first-order chi connectivity index (χ1) is 8.81. The lowest BCUT2D eigenvalue weighted by atomic mass is 10.1. The van der Waals surface area contributed by atoms with Crippen LogP contribution in [0.15, 0.2) is 49.1 Å². The van der Waals surface area contributed by atoms with Gasteiger partial charge in [0.15, 0.2) is 0 Å². The second-order valence-electron chi connectivity index (χ2n) is 4.61. The quantitative estimate of drug-likeness (QED) is 0.841. The van der Waals surface area contributed by atoms with Gasteiger partial charge in [-0.2, -0.15) is 0 Å². The molecule has 1 aromatic heterocycles. The van der Waals surface area contributed by atoms with Gasteiger partial charge >= 0.3 is 0 Å². The summed E-state index contributed by atoms with van der Waals surface area (Å²) in [6.45, 7) is 4.41. The monoisotopic (exact) mass is 243 g/mol. The van der Waals surface area contributed by atoms with Crippen molar-refractivity contribution in [3.8, 4) is 0 Å². The van der Waals surface area contributed by atoms with Crippen molar-refractivity contribution in [2.24, 2.45) is 0 Å². The number of nitrogens with one attached hydrogen (secondary N) is 1. The van der Waals surface area contributed by atoms with E-state index in [0.29, 0.717) is 12.2 Å². The van der Waals surface area contributed by atoms with Crippen LogP contribution in [0.4, 0.5) is 0 Å². The van der Waals surface area contributed by atoms with Crippen LogP contribution in [0.5, 0.6) is 0 Å². The Morgan fingerprint density at radius 2 is 2.06 bits per heavy atom. The van der Waals surface area contributed by atoms with Crippen LogP contribution in [0.1, 0.15) is 44.5 Å². The summed E-state index contributed by atoms with van der Waals surface area (Å²) in [4.78, 5) is 4.13. The van der Waals surface area contributed by atoms with Crippen LogP contribution < -0.4 is 5.32 Å². The van der Waals surface area contributed by atoms with Gasteiger partial charge in [0, 0.05) is 18.4 Å². The summed E-state index contributed by atoms with van der Waals surface area (Å²) in [6.07, 6.45) is 8.30. The highest BCUT2D eigenvalue weighted by Crippen LogP contribution is 2.18. The zero-order valence-electron chi connectivity index (χ0n) is 11.1. The van der Waals surface area contributed by atoms with E-state index in [0.717, 1.165) is 12.8 Å². The minimum Gasteiger partial charge on any atom is -0.321 e. The standard InChI is InChI=1S/C15H21N3/c1-3-7-15(18-11-10-16-12-18)17-13(2)14-8-5-4-6-9-14/h4-6,8-13,15,17H,3,7H2,1-2H3/t13-,15?/m0/s1. The molecule has 0 saturated carbocycles. The predicted molar refractivity (Wildman–Crippen MR) is 74.2 cm³/mol. The zero-order valence-corrected chi connectivity index (χ0v) is 11.1. The van der Waals surface area contributed by atoms with E-state index in [9.17, 15) is 0 Å². The first kappa shape index (κ1) is 12.8. The lowest BCUT2D eigenvalue weighted by Crippen LogP contribution is -2.28. The molecule has 1 N–H and O–H groups in total. The predicted octanol–water partition coefficient (Wildman–Crippen LogP) is 3.53. The summed E-state index contributed by atoms with van der Waals surface area (Å²) in [5.41, 5.74) is 1.32. The van der Waals surface area contributed by atoms with Crippen molar-refractivity contribution in [1.29, 1.82) is 0 Å². The highest BCUT2D eigenvalue weighted by molar-refractivity contribution is 5.18. The van der Waals surface area contributed by atoms with Gasteiger partial charge in [0.25, 0.3) is 0 Å². The molecule has 3 nitrogen and oxygen atoms in total. The molecule has 0 aliphatic heterocycles. The lowest BCUT2D eigenvalue weighted by molar-refractivity contribution is 0.339. The number of imidazole rings is 1. The summed E-state index contributed by atoms with van der Waals surface area (Å²) in [7, 11) is 0. The van der Waals surface area contributed by atoms with Gasteiger partial charge in [-0.05, 0) is 18.9 Å². The normalized spacial score (nSPS) is 14.3. The number of aromatic nitrogens is 2. The van der Waals surface area contributed by atoms with Crippen LogP contribution in [0.25, 0.3) is 0 Å². The molecular weight excluding hydrogens is 222 g/mol. The summed E-state index contributed by atoms with van der Waals surface area (Å²) in [6, 6.07) is 10.9. The maximum absolute atomic E-state index is 4.13. The smallest absolute Gasteiger partial charge is 0.0959 e. The third-order valence-corrected chi connectivity index (χ3v) is 3.19. The van der Waals surface area contributed by atoms with Crippen LogP contribution in [-0.4, -0.2) is 9.55 Å². The summed E-state index contributed by atoms with van der Waals surface area (Å²) in [5.74, 6) is 0. The van der Waals surface area contributed by atoms with Crippen molar-refractivity contribution in [3.05, 3.63) is 54.6 Å². The molecule has 18 heavy (non-hydrogen) atoms. The molecular formula is C15H21N3. The van der Waals surface area contributed by atoms with Crippen LogP contribution >= 0.6 is 0 Å². The number of benzene rings is 1. The average Bonchev–Trinajstić information content (AvgIpc) is 2.93. The van der Waals surface area contributed by atoms with Crippen LogP contribution in [0, 0.1) is 0 Å². The Kier molecular flexibility index (Phi) is 4.53. The van der Waals surface area contributed by atoms with Gasteiger partial charge in [0.2, 0.25) is 0 Å². The summed E-state index contributed by atoms with van der Waals surface area (Å²) >= 11 is 0. The first-order valence-corrected chi connectivity index (χ1v) is 6.59. The Hall–Kier alpha value is -1.61. The summed E-state index contributed by atoms with van der Waals surface area (Å²) in [5, 5.41) is 3.66. The Bertz CT molecular complexity index is 436. The van der Waals surface area contributed by atoms with Crippen molar-refractivity contribution in [2.75, 3.05) is 0 Å². The van der Waals surface area contributed by atoms with Gasteiger partial charge in [-0.15, -0.1) is 0 Å². The molecule has 0 fully saturated rings. The second-order valence-corrected chi connectivity index (χ2v) is 4.61. The van der Waals surface area contributed by atoms with Crippen LogP contribution in [0.2, 0.25) is 0 Å². The topological polar surface area (TPSA) is 29.9 Å². The Morgan fingerprint density at radius 1 is 1.28 bits per heavy atom. The number of hydrogen-bond acceptors (Lipinski definition) is 2. The van der Waals surface area contributed by atoms with Gasteiger partial charge in [-0.3, -0.25) is 5.32 Å². The highest BCUT2D eigenvalue weighted by Gasteiger charge is 2.13. The van der Waals surface area contributed by atoms with E-state index >= 15 is 0 Å². The van der Waals surface area contributed by atoms with E-state index in [4.69, 9.17) is 0 Å². The molecule has 1 unspecified atom stereocenters. The van der Waals surface area contributed by atoms with E-state index < -0.39 is 0 Å². The Balaban J connectivity index is 2.05. The zero-order chi connectivity index (χ0) is 12.8. The molecule has 0 aliphatic carbocycles. The fraction of sp³-hybridized carbons (Fsp3) is 0.400. The maximum Gasteiger partial charge on any atom is 0.0959 e.